The lowest BCUT2D eigenvalue weighted by molar-refractivity contribution is -0.120. The summed E-state index contributed by atoms with van der Waals surface area (Å²) in [6, 6.07) is 13.0. The zero-order valence-corrected chi connectivity index (χ0v) is 16.9. The Hall–Kier alpha value is -2.87. The van der Waals surface area contributed by atoms with Gasteiger partial charge in [0.15, 0.2) is 0 Å². The van der Waals surface area contributed by atoms with Crippen molar-refractivity contribution in [2.45, 2.75) is 43.0 Å². The summed E-state index contributed by atoms with van der Waals surface area (Å²) in [6.45, 7) is 2.43. The van der Waals surface area contributed by atoms with Gasteiger partial charge in [0.05, 0.1) is 16.5 Å². The fourth-order valence-corrected chi connectivity index (χ4v) is 5.94. The van der Waals surface area contributed by atoms with E-state index in [2.05, 4.69) is 0 Å². The predicted molar refractivity (Wildman–Crippen MR) is 110 cm³/mol. The molecule has 0 bridgehead atoms. The third-order valence-electron chi connectivity index (χ3n) is 5.65. The van der Waals surface area contributed by atoms with Crippen LogP contribution in [0.3, 0.4) is 0 Å². The summed E-state index contributed by atoms with van der Waals surface area (Å²) in [6.07, 6.45) is 1.65. The number of carbonyl (C=O) groups excluding carboxylic acids is 2. The molecule has 0 saturated carbocycles. The number of hydrogen-bond donors (Lipinski definition) is 1. The van der Waals surface area contributed by atoms with Crippen LogP contribution in [0.5, 0.6) is 0 Å². The Morgan fingerprint density at radius 2 is 1.79 bits per heavy atom. The first-order chi connectivity index (χ1) is 13.8. The molecule has 4 rings (SSSR count). The number of amides is 2. The molecule has 0 unspecified atom stereocenters. The molecule has 0 aromatic heterocycles. The molecule has 0 radical (unpaired) electrons. The number of nitrogens with two attached hydrogens (primary N) is 1. The third-order valence-corrected chi connectivity index (χ3v) is 7.59. The molecule has 8 heteroatoms. The van der Waals surface area contributed by atoms with Gasteiger partial charge in [0.2, 0.25) is 11.8 Å². The third kappa shape index (κ3) is 3.27. The number of primary amides is 1. The average molecular weight is 413 g/mol. The van der Waals surface area contributed by atoms with Gasteiger partial charge >= 0.3 is 0 Å². The molecule has 29 heavy (non-hydrogen) atoms. The SMILES string of the molecule is C[C@H]1C[C@@H](C(N)=O)c2ccccc2N1S(=O)(=O)c1ccc(N2CCCC2=O)cc1. The monoisotopic (exact) mass is 413 g/mol. The van der Waals surface area contributed by atoms with E-state index < -0.39 is 27.9 Å². The minimum atomic E-state index is -3.85. The van der Waals surface area contributed by atoms with Gasteiger partial charge in [-0.05, 0) is 55.7 Å². The van der Waals surface area contributed by atoms with Crippen molar-refractivity contribution in [2.24, 2.45) is 5.73 Å². The topological polar surface area (TPSA) is 101 Å². The second-order valence-corrected chi connectivity index (χ2v) is 9.36. The first-order valence-electron chi connectivity index (χ1n) is 9.64. The molecule has 152 valence electrons. The van der Waals surface area contributed by atoms with Gasteiger partial charge in [-0.1, -0.05) is 18.2 Å². The molecule has 0 spiro atoms. The minimum absolute atomic E-state index is 0.0525. The van der Waals surface area contributed by atoms with Crippen LogP contribution in [0, 0.1) is 0 Å². The van der Waals surface area contributed by atoms with Gasteiger partial charge in [-0.15, -0.1) is 0 Å². The number of carbonyl (C=O) groups is 2. The van der Waals surface area contributed by atoms with Crippen LogP contribution in [-0.4, -0.2) is 32.8 Å². The Morgan fingerprint density at radius 3 is 2.41 bits per heavy atom. The maximum absolute atomic E-state index is 13.5. The molecule has 2 heterocycles. The smallest absolute Gasteiger partial charge is 0.264 e. The summed E-state index contributed by atoms with van der Waals surface area (Å²) in [7, 11) is -3.85. The van der Waals surface area contributed by atoms with Crippen molar-refractivity contribution >= 4 is 33.2 Å². The van der Waals surface area contributed by atoms with E-state index in [0.717, 1.165) is 6.42 Å². The summed E-state index contributed by atoms with van der Waals surface area (Å²) >= 11 is 0. The first-order valence-corrected chi connectivity index (χ1v) is 11.1. The van der Waals surface area contributed by atoms with Crippen LogP contribution in [0.25, 0.3) is 0 Å². The largest absolute Gasteiger partial charge is 0.369 e. The van der Waals surface area contributed by atoms with Gasteiger partial charge in [0, 0.05) is 24.7 Å². The maximum atomic E-state index is 13.5. The molecule has 0 aliphatic carbocycles. The highest BCUT2D eigenvalue weighted by atomic mass is 32.2. The van der Waals surface area contributed by atoms with Gasteiger partial charge < -0.3 is 10.6 Å². The van der Waals surface area contributed by atoms with E-state index in [4.69, 9.17) is 5.73 Å². The zero-order chi connectivity index (χ0) is 20.8. The van der Waals surface area contributed by atoms with Crippen molar-refractivity contribution in [1.82, 2.24) is 0 Å². The second-order valence-electron chi connectivity index (χ2n) is 7.54. The highest BCUT2D eigenvalue weighted by Gasteiger charge is 2.39. The highest BCUT2D eigenvalue weighted by molar-refractivity contribution is 7.92. The lowest BCUT2D eigenvalue weighted by atomic mass is 9.87. The first kappa shape index (κ1) is 19.4. The summed E-state index contributed by atoms with van der Waals surface area (Å²) in [5, 5.41) is 0. The number of nitrogens with zero attached hydrogens (tertiary/aromatic N) is 2. The molecule has 1 fully saturated rings. The summed E-state index contributed by atoms with van der Waals surface area (Å²) in [4.78, 5) is 25.7. The standard InChI is InChI=1S/C21H23N3O4S/c1-14-13-18(21(22)26)17-5-2-3-6-19(17)24(14)29(27,28)16-10-8-15(9-11-16)23-12-4-7-20(23)25/h2-3,5-6,8-11,14,18H,4,7,12-13H2,1H3,(H2,22,26)/t14-,18+/m0/s1. The Morgan fingerprint density at radius 1 is 1.10 bits per heavy atom. The summed E-state index contributed by atoms with van der Waals surface area (Å²) in [5.74, 6) is -0.922. The van der Waals surface area contributed by atoms with Gasteiger partial charge in [0.1, 0.15) is 0 Å². The molecular formula is C21H23N3O4S. The van der Waals surface area contributed by atoms with E-state index in [9.17, 15) is 18.0 Å². The van der Waals surface area contributed by atoms with E-state index in [-0.39, 0.29) is 10.8 Å². The normalized spacial score (nSPS) is 21.9. The Bertz CT molecular complexity index is 1070. The number of rotatable bonds is 4. The van der Waals surface area contributed by atoms with E-state index in [1.54, 1.807) is 48.2 Å². The van der Waals surface area contributed by atoms with Crippen molar-refractivity contribution in [2.75, 3.05) is 15.7 Å². The Kier molecular flexibility index (Phi) is 4.82. The number of benzene rings is 2. The van der Waals surface area contributed by atoms with E-state index in [1.165, 1.54) is 16.4 Å². The fraction of sp³-hybridized carbons (Fsp3) is 0.333. The quantitative estimate of drug-likeness (QED) is 0.831. The average Bonchev–Trinajstić information content (AvgIpc) is 3.13. The van der Waals surface area contributed by atoms with Gasteiger partial charge in [-0.25, -0.2) is 8.42 Å². The van der Waals surface area contributed by atoms with Crippen molar-refractivity contribution in [3.8, 4) is 0 Å². The molecular weight excluding hydrogens is 390 g/mol. The second kappa shape index (κ2) is 7.18. The molecule has 7 nitrogen and oxygen atoms in total. The van der Waals surface area contributed by atoms with Crippen molar-refractivity contribution < 1.29 is 18.0 Å². The lowest BCUT2D eigenvalue weighted by Gasteiger charge is -2.38. The van der Waals surface area contributed by atoms with Gasteiger partial charge in [0.25, 0.3) is 10.0 Å². The molecule has 2 aromatic carbocycles. The predicted octanol–water partition coefficient (Wildman–Crippen LogP) is 2.37. The maximum Gasteiger partial charge on any atom is 0.264 e. The number of fused-ring (bicyclic) bond motifs is 1. The highest BCUT2D eigenvalue weighted by Crippen LogP contribution is 2.41. The van der Waals surface area contributed by atoms with Crippen LogP contribution < -0.4 is 14.9 Å². The molecule has 2 N–H and O–H groups in total. The Labute approximate surface area is 170 Å². The van der Waals surface area contributed by atoms with Crippen LogP contribution in [0.2, 0.25) is 0 Å². The molecule has 1 saturated heterocycles. The van der Waals surface area contributed by atoms with E-state index in [0.29, 0.717) is 36.3 Å². The van der Waals surface area contributed by atoms with Gasteiger partial charge in [-0.3, -0.25) is 13.9 Å². The summed E-state index contributed by atoms with van der Waals surface area (Å²) < 4.78 is 28.3. The van der Waals surface area contributed by atoms with Crippen LogP contribution in [-0.2, 0) is 19.6 Å². The van der Waals surface area contributed by atoms with Crippen LogP contribution >= 0.6 is 0 Å². The van der Waals surface area contributed by atoms with Crippen molar-refractivity contribution in [3.05, 3.63) is 54.1 Å². The van der Waals surface area contributed by atoms with Crippen molar-refractivity contribution in [1.29, 1.82) is 0 Å². The minimum Gasteiger partial charge on any atom is -0.369 e. The Balaban J connectivity index is 1.72. The molecule has 2 amide bonds. The van der Waals surface area contributed by atoms with Gasteiger partial charge in [-0.2, -0.15) is 0 Å². The fourth-order valence-electron chi connectivity index (χ4n) is 4.25. The van der Waals surface area contributed by atoms with Crippen LogP contribution in [0.4, 0.5) is 11.4 Å². The molecule has 2 aromatic rings. The number of sulfonamides is 1. The van der Waals surface area contributed by atoms with Crippen LogP contribution in [0.15, 0.2) is 53.4 Å². The molecule has 2 aliphatic rings. The van der Waals surface area contributed by atoms with Crippen molar-refractivity contribution in [3.63, 3.8) is 0 Å². The molecule has 2 atom stereocenters. The number of hydrogen-bond acceptors (Lipinski definition) is 4. The lowest BCUT2D eigenvalue weighted by Crippen LogP contribution is -2.45. The zero-order valence-electron chi connectivity index (χ0n) is 16.1. The molecule has 2 aliphatic heterocycles. The van der Waals surface area contributed by atoms with Crippen LogP contribution in [0.1, 0.15) is 37.7 Å². The number of para-hydroxylation sites is 1. The van der Waals surface area contributed by atoms with E-state index >= 15 is 0 Å². The van der Waals surface area contributed by atoms with E-state index in [1.807, 2.05) is 0 Å². The number of anilines is 2. The summed E-state index contributed by atoms with van der Waals surface area (Å²) in [5.41, 5.74) is 7.37.